The van der Waals surface area contributed by atoms with Gasteiger partial charge in [-0.3, -0.25) is 4.79 Å². The molecule has 4 aliphatic rings. The molecule has 1 saturated carbocycles. The predicted octanol–water partition coefficient (Wildman–Crippen LogP) is 2.18. The first-order chi connectivity index (χ1) is 11.4. The lowest BCUT2D eigenvalue weighted by molar-refractivity contribution is -0.110. The van der Waals surface area contributed by atoms with Crippen LogP contribution in [0.3, 0.4) is 0 Å². The van der Waals surface area contributed by atoms with Crippen molar-refractivity contribution in [2.45, 2.75) is 44.5 Å². The maximum absolute atomic E-state index is 12.1. The van der Waals surface area contributed by atoms with Crippen LogP contribution in [0.1, 0.15) is 27.2 Å². The van der Waals surface area contributed by atoms with Crippen molar-refractivity contribution in [1.29, 1.82) is 0 Å². The van der Waals surface area contributed by atoms with E-state index in [-0.39, 0.29) is 23.0 Å². The van der Waals surface area contributed by atoms with E-state index in [1.807, 2.05) is 6.08 Å². The summed E-state index contributed by atoms with van der Waals surface area (Å²) in [7, 11) is 0. The first-order valence-electron chi connectivity index (χ1n) is 8.38. The molecule has 3 aliphatic carbocycles. The molecule has 4 rings (SSSR count). The Kier molecular flexibility index (Phi) is 3.05. The van der Waals surface area contributed by atoms with Crippen molar-refractivity contribution in [2.24, 2.45) is 17.3 Å². The zero-order valence-electron chi connectivity index (χ0n) is 14.1. The standard InChI is InChI=1S/C21H20O3/c1-14(2)20-15-8-6-4-5-7-9-18(23)21(20,24-20)17-12-16(22)10-11-19(17,3)13-15/h4-5,10-12,14-15,18,23H,13H2,1-3H3/b5-4-/t15-,18-,19+,20+,21+/m1/s1. The molecule has 1 saturated heterocycles. The minimum Gasteiger partial charge on any atom is -0.377 e. The molecule has 0 aromatic heterocycles. The fourth-order valence-corrected chi connectivity index (χ4v) is 4.82. The summed E-state index contributed by atoms with van der Waals surface area (Å²) >= 11 is 0. The number of epoxide rings is 1. The van der Waals surface area contributed by atoms with Crippen LogP contribution < -0.4 is 0 Å². The zero-order valence-corrected chi connectivity index (χ0v) is 14.1. The van der Waals surface area contributed by atoms with Crippen LogP contribution in [0.25, 0.3) is 0 Å². The molecule has 24 heavy (non-hydrogen) atoms. The third kappa shape index (κ3) is 1.69. The smallest absolute Gasteiger partial charge is 0.178 e. The van der Waals surface area contributed by atoms with Gasteiger partial charge in [0, 0.05) is 5.41 Å². The molecule has 122 valence electrons. The summed E-state index contributed by atoms with van der Waals surface area (Å²) < 4.78 is 6.37. The van der Waals surface area contributed by atoms with Gasteiger partial charge in [0.05, 0.1) is 5.92 Å². The summed E-state index contributed by atoms with van der Waals surface area (Å²) in [5.74, 6) is 12.2. The van der Waals surface area contributed by atoms with Gasteiger partial charge < -0.3 is 9.84 Å². The van der Waals surface area contributed by atoms with Crippen LogP contribution in [0, 0.1) is 40.9 Å². The molecule has 1 N–H and O–H groups in total. The number of fused-ring (bicyclic) bond motifs is 1. The van der Waals surface area contributed by atoms with Crippen LogP contribution in [0.15, 0.2) is 36.0 Å². The molecule has 1 aliphatic heterocycles. The summed E-state index contributed by atoms with van der Waals surface area (Å²) in [5.41, 5.74) is -1.06. The van der Waals surface area contributed by atoms with Gasteiger partial charge in [-0.05, 0) is 42.2 Å². The van der Waals surface area contributed by atoms with Crippen LogP contribution >= 0.6 is 0 Å². The van der Waals surface area contributed by atoms with Gasteiger partial charge in [-0.2, -0.15) is 0 Å². The zero-order chi connectivity index (χ0) is 17.2. The van der Waals surface area contributed by atoms with Gasteiger partial charge in [0.2, 0.25) is 0 Å². The second-order valence-corrected chi connectivity index (χ2v) is 7.57. The third-order valence-corrected chi connectivity index (χ3v) is 5.90. The molecular weight excluding hydrogens is 300 g/mol. The minimum absolute atomic E-state index is 0.0308. The van der Waals surface area contributed by atoms with Crippen LogP contribution in [-0.2, 0) is 9.53 Å². The van der Waals surface area contributed by atoms with Crippen molar-refractivity contribution in [1.82, 2.24) is 0 Å². The van der Waals surface area contributed by atoms with E-state index >= 15 is 0 Å². The number of carbonyl (C=O) groups excluding carboxylic acids is 1. The van der Waals surface area contributed by atoms with E-state index in [1.165, 1.54) is 0 Å². The summed E-state index contributed by atoms with van der Waals surface area (Å²) in [4.78, 5) is 12.1. The summed E-state index contributed by atoms with van der Waals surface area (Å²) in [6.07, 6.45) is 8.33. The SMILES string of the molecule is CC(C)[C@@]12O[C@]13C1=CC(=O)C=C[C@@]1(C)C[C@H]2C#C/C=C\C#C[C@H]3O. The number of rotatable bonds is 1. The first-order valence-corrected chi connectivity index (χ1v) is 8.38. The monoisotopic (exact) mass is 320 g/mol. The highest BCUT2D eigenvalue weighted by atomic mass is 16.6. The molecular formula is C21H20O3. The molecule has 1 heterocycles. The van der Waals surface area contributed by atoms with Gasteiger partial charge in [0.25, 0.3) is 0 Å². The number of allylic oxidation sites excluding steroid dienone is 5. The van der Waals surface area contributed by atoms with E-state index in [4.69, 9.17) is 4.74 Å². The molecule has 0 unspecified atom stereocenters. The number of carbonyl (C=O) groups is 1. The maximum Gasteiger partial charge on any atom is 0.178 e. The second kappa shape index (κ2) is 4.73. The topological polar surface area (TPSA) is 49.8 Å². The Balaban J connectivity index is 2.00. The van der Waals surface area contributed by atoms with Crippen LogP contribution in [0.2, 0.25) is 0 Å². The lowest BCUT2D eigenvalue weighted by Crippen LogP contribution is -2.54. The number of ketones is 1. The highest BCUT2D eigenvalue weighted by Crippen LogP contribution is 2.71. The van der Waals surface area contributed by atoms with Gasteiger partial charge in [-0.1, -0.05) is 50.5 Å². The van der Waals surface area contributed by atoms with Crippen molar-refractivity contribution in [3.05, 3.63) is 36.0 Å². The highest BCUT2D eigenvalue weighted by molar-refractivity contribution is 6.01. The van der Waals surface area contributed by atoms with Crippen LogP contribution in [0.5, 0.6) is 0 Å². The van der Waals surface area contributed by atoms with E-state index in [0.29, 0.717) is 0 Å². The van der Waals surface area contributed by atoms with Gasteiger partial charge in [0.1, 0.15) is 5.60 Å². The number of aliphatic hydroxyl groups is 1. The third-order valence-electron chi connectivity index (χ3n) is 5.90. The predicted molar refractivity (Wildman–Crippen MR) is 90.5 cm³/mol. The minimum atomic E-state index is -0.989. The molecule has 0 radical (unpaired) electrons. The van der Waals surface area contributed by atoms with E-state index in [0.717, 1.165) is 12.0 Å². The van der Waals surface area contributed by atoms with Gasteiger partial charge in [-0.15, -0.1) is 0 Å². The lowest BCUT2D eigenvalue weighted by Gasteiger charge is -2.45. The van der Waals surface area contributed by atoms with E-state index in [2.05, 4.69) is 44.5 Å². The normalized spacial score (nSPS) is 45.7. The Morgan fingerprint density at radius 2 is 2.00 bits per heavy atom. The van der Waals surface area contributed by atoms with Crippen molar-refractivity contribution in [3.63, 3.8) is 0 Å². The maximum atomic E-state index is 12.1. The van der Waals surface area contributed by atoms with Crippen molar-refractivity contribution in [3.8, 4) is 23.7 Å². The molecule has 5 atom stereocenters. The number of hydrogen-bond acceptors (Lipinski definition) is 3. The summed E-state index contributed by atoms with van der Waals surface area (Å²) in [5, 5.41) is 10.9. The van der Waals surface area contributed by atoms with E-state index < -0.39 is 17.3 Å². The molecule has 3 nitrogen and oxygen atoms in total. The largest absolute Gasteiger partial charge is 0.377 e. The first kappa shape index (κ1) is 15.5. The quantitative estimate of drug-likeness (QED) is 0.595. The lowest BCUT2D eigenvalue weighted by atomic mass is 9.54. The summed E-state index contributed by atoms with van der Waals surface area (Å²) in [6, 6.07) is 0. The van der Waals surface area contributed by atoms with E-state index in [1.54, 1.807) is 24.3 Å². The van der Waals surface area contributed by atoms with Crippen LogP contribution in [0.4, 0.5) is 0 Å². The fourth-order valence-electron chi connectivity index (χ4n) is 4.82. The molecule has 3 heteroatoms. The number of hydrogen-bond donors (Lipinski definition) is 1. The Morgan fingerprint density at radius 1 is 1.29 bits per heavy atom. The number of aliphatic hydroxyl groups excluding tert-OH is 1. The fraction of sp³-hybridized carbons (Fsp3) is 0.476. The van der Waals surface area contributed by atoms with Crippen molar-refractivity contribution in [2.75, 3.05) is 0 Å². The molecule has 2 fully saturated rings. The molecule has 0 aromatic rings. The van der Waals surface area contributed by atoms with Crippen molar-refractivity contribution >= 4 is 5.78 Å². The molecule has 0 aromatic carbocycles. The van der Waals surface area contributed by atoms with Crippen LogP contribution in [-0.4, -0.2) is 28.2 Å². The number of ether oxygens (including phenoxy) is 1. The summed E-state index contributed by atoms with van der Waals surface area (Å²) in [6.45, 7) is 6.26. The average molecular weight is 320 g/mol. The van der Waals surface area contributed by atoms with Gasteiger partial charge in [0.15, 0.2) is 17.5 Å². The molecule has 2 bridgehead atoms. The molecule has 0 spiro atoms. The highest BCUT2D eigenvalue weighted by Gasteiger charge is 2.82. The molecule has 0 amide bonds. The van der Waals surface area contributed by atoms with Gasteiger partial charge >= 0.3 is 0 Å². The Labute approximate surface area is 142 Å². The Morgan fingerprint density at radius 3 is 2.71 bits per heavy atom. The Hall–Kier alpha value is -2.07. The Bertz CT molecular complexity index is 838. The average Bonchev–Trinajstić information content (AvgIpc) is 3.25. The van der Waals surface area contributed by atoms with E-state index in [9.17, 15) is 9.90 Å². The second-order valence-electron chi connectivity index (χ2n) is 7.57. The van der Waals surface area contributed by atoms with Crippen molar-refractivity contribution < 1.29 is 14.6 Å². The van der Waals surface area contributed by atoms with Gasteiger partial charge in [-0.25, -0.2) is 0 Å².